The van der Waals surface area contributed by atoms with Crippen molar-refractivity contribution in [3.8, 4) is 5.75 Å². The average Bonchev–Trinajstić information content (AvgIpc) is 3.26. The summed E-state index contributed by atoms with van der Waals surface area (Å²) >= 11 is 0.742. The molecule has 0 saturated carbocycles. The van der Waals surface area contributed by atoms with Crippen LogP contribution in [0.3, 0.4) is 0 Å². The summed E-state index contributed by atoms with van der Waals surface area (Å²) in [6, 6.07) is 6.41. The molecule has 11 heteroatoms. The molecule has 28 heavy (non-hydrogen) atoms. The summed E-state index contributed by atoms with van der Waals surface area (Å²) in [7, 11) is 1.38. The summed E-state index contributed by atoms with van der Waals surface area (Å²) in [4.78, 5) is 15.6. The van der Waals surface area contributed by atoms with Crippen molar-refractivity contribution in [3.05, 3.63) is 40.9 Å². The van der Waals surface area contributed by atoms with Gasteiger partial charge in [0.2, 0.25) is 5.13 Å². The van der Waals surface area contributed by atoms with Gasteiger partial charge < -0.3 is 14.6 Å². The number of alkyl halides is 3. The number of carbonyl (C=O) groups excluding carboxylic acids is 1. The van der Waals surface area contributed by atoms with Crippen LogP contribution in [0.25, 0.3) is 0 Å². The fraction of sp³-hybridized carbons (Fsp3) is 0.353. The first kappa shape index (κ1) is 20.1. The summed E-state index contributed by atoms with van der Waals surface area (Å²) in [5.41, 5.74) is -3.18. The normalized spacial score (nSPS) is 19.5. The standard InChI is InChI=1S/C17H16F3N3O4S/c1-3-27-14(24)12-9-28-15(21-12)23-16(25,17(18,19)20)8-11(22-23)10-6-4-5-7-13(10)26-2/h4-7,9,25H,3,8H2,1-2H3. The quantitative estimate of drug-likeness (QED) is 0.755. The van der Waals surface area contributed by atoms with Crippen LogP contribution in [0, 0.1) is 0 Å². The van der Waals surface area contributed by atoms with Crippen LogP contribution in [0.2, 0.25) is 0 Å². The zero-order valence-electron chi connectivity index (χ0n) is 14.9. The third-order valence-electron chi connectivity index (χ3n) is 4.01. The number of nitrogens with zero attached hydrogens (tertiary/aromatic N) is 3. The molecule has 2 heterocycles. The number of aliphatic hydroxyl groups is 1. The van der Waals surface area contributed by atoms with E-state index in [1.165, 1.54) is 12.5 Å². The monoisotopic (exact) mass is 415 g/mol. The molecule has 0 bridgehead atoms. The minimum atomic E-state index is -5.03. The van der Waals surface area contributed by atoms with Gasteiger partial charge in [0, 0.05) is 10.9 Å². The number of ether oxygens (including phenoxy) is 2. The Morgan fingerprint density at radius 1 is 1.39 bits per heavy atom. The number of thiazole rings is 1. The van der Waals surface area contributed by atoms with Gasteiger partial charge in [-0.15, -0.1) is 11.3 Å². The molecule has 0 saturated heterocycles. The van der Waals surface area contributed by atoms with E-state index in [2.05, 4.69) is 10.1 Å². The van der Waals surface area contributed by atoms with Gasteiger partial charge in [-0.1, -0.05) is 12.1 Å². The summed E-state index contributed by atoms with van der Waals surface area (Å²) in [5, 5.41) is 15.8. The Bertz CT molecular complexity index is 915. The highest BCUT2D eigenvalue weighted by molar-refractivity contribution is 7.14. The number of esters is 1. The fourth-order valence-corrected chi connectivity index (χ4v) is 3.47. The van der Waals surface area contributed by atoms with Crippen LogP contribution in [-0.4, -0.2) is 47.4 Å². The molecular weight excluding hydrogens is 399 g/mol. The van der Waals surface area contributed by atoms with Crippen molar-refractivity contribution >= 4 is 28.1 Å². The van der Waals surface area contributed by atoms with Gasteiger partial charge >= 0.3 is 12.1 Å². The highest BCUT2D eigenvalue weighted by atomic mass is 32.1. The van der Waals surface area contributed by atoms with Crippen molar-refractivity contribution in [2.45, 2.75) is 25.2 Å². The molecule has 1 N–H and O–H groups in total. The Kier molecular flexibility index (Phi) is 5.31. The van der Waals surface area contributed by atoms with Crippen LogP contribution in [-0.2, 0) is 4.74 Å². The van der Waals surface area contributed by atoms with Gasteiger partial charge in [-0.2, -0.15) is 23.3 Å². The van der Waals surface area contributed by atoms with Gasteiger partial charge in [0.15, 0.2) is 5.69 Å². The Morgan fingerprint density at radius 2 is 2.11 bits per heavy atom. The van der Waals surface area contributed by atoms with Crippen molar-refractivity contribution in [3.63, 3.8) is 0 Å². The average molecular weight is 415 g/mol. The van der Waals surface area contributed by atoms with Crippen molar-refractivity contribution < 1.29 is 32.5 Å². The Morgan fingerprint density at radius 3 is 2.75 bits per heavy atom. The second-order valence-corrected chi connectivity index (χ2v) is 6.62. The number of rotatable bonds is 5. The number of methoxy groups -OCH3 is 1. The van der Waals surface area contributed by atoms with E-state index in [1.807, 2.05) is 0 Å². The molecule has 3 rings (SSSR count). The molecule has 0 fully saturated rings. The largest absolute Gasteiger partial charge is 0.496 e. The minimum Gasteiger partial charge on any atom is -0.496 e. The fourth-order valence-electron chi connectivity index (χ4n) is 2.66. The van der Waals surface area contributed by atoms with Crippen LogP contribution >= 0.6 is 11.3 Å². The molecule has 2 aromatic rings. The topological polar surface area (TPSA) is 84.2 Å². The van der Waals surface area contributed by atoms with Gasteiger partial charge in [-0.05, 0) is 19.1 Å². The SMILES string of the molecule is CCOC(=O)c1csc(N2N=C(c3ccccc3OC)CC2(O)C(F)(F)F)n1. The predicted molar refractivity (Wildman–Crippen MR) is 95.7 cm³/mol. The number of para-hydroxylation sites is 1. The van der Waals surface area contributed by atoms with Crippen molar-refractivity contribution in [2.75, 3.05) is 18.7 Å². The van der Waals surface area contributed by atoms with E-state index >= 15 is 0 Å². The van der Waals surface area contributed by atoms with E-state index in [9.17, 15) is 23.1 Å². The second kappa shape index (κ2) is 7.40. The summed E-state index contributed by atoms with van der Waals surface area (Å²) in [6.07, 6.45) is -5.86. The lowest BCUT2D eigenvalue weighted by molar-refractivity contribution is -0.254. The first-order valence-corrected chi connectivity index (χ1v) is 9.02. The van der Waals surface area contributed by atoms with Crippen LogP contribution < -0.4 is 9.75 Å². The zero-order chi connectivity index (χ0) is 20.5. The maximum Gasteiger partial charge on any atom is 0.438 e. The van der Waals surface area contributed by atoms with Gasteiger partial charge in [0.25, 0.3) is 5.72 Å². The summed E-state index contributed by atoms with van der Waals surface area (Å²) in [5.74, 6) is -0.451. The zero-order valence-corrected chi connectivity index (χ0v) is 15.7. The summed E-state index contributed by atoms with van der Waals surface area (Å²) < 4.78 is 51.2. The molecule has 0 spiro atoms. The van der Waals surface area contributed by atoms with Crippen LogP contribution in [0.4, 0.5) is 18.3 Å². The molecule has 150 valence electrons. The summed E-state index contributed by atoms with van der Waals surface area (Å²) in [6.45, 7) is 1.69. The van der Waals surface area contributed by atoms with E-state index in [-0.39, 0.29) is 23.1 Å². The van der Waals surface area contributed by atoms with Gasteiger partial charge in [0.05, 0.1) is 25.8 Å². The molecule has 7 nitrogen and oxygen atoms in total. The predicted octanol–water partition coefficient (Wildman–Crippen LogP) is 3.19. The maximum absolute atomic E-state index is 13.7. The smallest absolute Gasteiger partial charge is 0.438 e. The molecular formula is C17H16F3N3O4S. The number of hydrogen-bond acceptors (Lipinski definition) is 8. The molecule has 1 aromatic carbocycles. The highest BCUT2D eigenvalue weighted by Gasteiger charge is 2.62. The van der Waals surface area contributed by atoms with Crippen molar-refractivity contribution in [1.29, 1.82) is 0 Å². The molecule has 1 aliphatic rings. The van der Waals surface area contributed by atoms with Crippen LogP contribution in [0.15, 0.2) is 34.7 Å². The molecule has 1 aliphatic heterocycles. The second-order valence-electron chi connectivity index (χ2n) is 5.79. The first-order chi connectivity index (χ1) is 13.2. The van der Waals surface area contributed by atoms with E-state index < -0.39 is 24.3 Å². The molecule has 1 unspecified atom stereocenters. The number of aromatic nitrogens is 1. The Balaban J connectivity index is 2.05. The van der Waals surface area contributed by atoms with E-state index in [1.54, 1.807) is 31.2 Å². The number of hydrazone groups is 1. The number of carbonyl (C=O) groups is 1. The van der Waals surface area contributed by atoms with E-state index in [0.717, 1.165) is 11.3 Å². The lowest BCUT2D eigenvalue weighted by Crippen LogP contribution is -2.55. The van der Waals surface area contributed by atoms with Crippen molar-refractivity contribution in [2.24, 2.45) is 5.10 Å². The van der Waals surface area contributed by atoms with Gasteiger partial charge in [-0.3, -0.25) is 0 Å². The highest BCUT2D eigenvalue weighted by Crippen LogP contribution is 2.45. The lowest BCUT2D eigenvalue weighted by atomic mass is 10.0. The number of hydrogen-bond donors (Lipinski definition) is 1. The molecule has 0 aliphatic carbocycles. The van der Waals surface area contributed by atoms with Gasteiger partial charge in [-0.25, -0.2) is 9.78 Å². The van der Waals surface area contributed by atoms with Crippen LogP contribution in [0.5, 0.6) is 5.75 Å². The van der Waals surface area contributed by atoms with E-state index in [4.69, 9.17) is 9.47 Å². The molecule has 1 aromatic heterocycles. The lowest BCUT2D eigenvalue weighted by Gasteiger charge is -2.32. The molecule has 1 atom stereocenters. The van der Waals surface area contributed by atoms with Gasteiger partial charge in [0.1, 0.15) is 5.75 Å². The van der Waals surface area contributed by atoms with Crippen molar-refractivity contribution in [1.82, 2.24) is 4.98 Å². The molecule has 0 radical (unpaired) electrons. The van der Waals surface area contributed by atoms with E-state index in [0.29, 0.717) is 16.3 Å². The Hall–Kier alpha value is -2.66. The maximum atomic E-state index is 13.7. The third kappa shape index (κ3) is 3.42. The number of benzene rings is 1. The number of anilines is 1. The minimum absolute atomic E-state index is 0.0230. The first-order valence-electron chi connectivity index (χ1n) is 8.14. The van der Waals surface area contributed by atoms with Crippen LogP contribution in [0.1, 0.15) is 29.4 Å². The Labute approximate surface area is 162 Å². The molecule has 0 amide bonds. The number of halogens is 3. The third-order valence-corrected chi connectivity index (χ3v) is 4.83.